The van der Waals surface area contributed by atoms with Crippen molar-refractivity contribution in [2.75, 3.05) is 40.5 Å². The summed E-state index contributed by atoms with van der Waals surface area (Å²) in [4.78, 5) is 2.51. The summed E-state index contributed by atoms with van der Waals surface area (Å²) >= 11 is 0. The number of benzene rings is 2. The molecule has 0 aliphatic carbocycles. The molecular formula is C27H35NO4. The van der Waals surface area contributed by atoms with E-state index in [1.165, 1.54) is 32.4 Å². The molecule has 32 heavy (non-hydrogen) atoms. The zero-order valence-electron chi connectivity index (χ0n) is 19.7. The lowest BCUT2D eigenvalue weighted by molar-refractivity contribution is 0.0623. The first-order valence-corrected chi connectivity index (χ1v) is 11.6. The molecule has 0 bridgehead atoms. The molecule has 2 aliphatic rings. The average Bonchev–Trinajstić information content (AvgIpc) is 2.81. The van der Waals surface area contributed by atoms with Crippen LogP contribution in [0.1, 0.15) is 50.3 Å². The Morgan fingerprint density at radius 2 is 1.62 bits per heavy atom. The molecule has 2 heterocycles. The number of nitrogens with zero attached hydrogens (tertiary/aromatic N) is 1. The zero-order chi connectivity index (χ0) is 22.6. The van der Waals surface area contributed by atoms with Crippen LogP contribution in [-0.4, -0.2) is 51.0 Å². The van der Waals surface area contributed by atoms with Gasteiger partial charge in [-0.2, -0.15) is 0 Å². The van der Waals surface area contributed by atoms with Gasteiger partial charge in [0.2, 0.25) is 0 Å². The Balaban J connectivity index is 1.65. The normalized spacial score (nSPS) is 18.8. The van der Waals surface area contributed by atoms with Gasteiger partial charge in [-0.25, -0.2) is 0 Å². The highest BCUT2D eigenvalue weighted by Crippen LogP contribution is 2.45. The van der Waals surface area contributed by atoms with Gasteiger partial charge in [0.1, 0.15) is 29.0 Å². The number of hydrogen-bond acceptors (Lipinski definition) is 5. The lowest BCUT2D eigenvalue weighted by Gasteiger charge is -2.35. The van der Waals surface area contributed by atoms with Gasteiger partial charge >= 0.3 is 0 Å². The highest BCUT2D eigenvalue weighted by Gasteiger charge is 2.32. The number of hydrogen-bond donors (Lipinski definition) is 0. The van der Waals surface area contributed by atoms with Gasteiger partial charge < -0.3 is 23.8 Å². The molecule has 0 aromatic heterocycles. The Bertz CT molecular complexity index is 929. The summed E-state index contributed by atoms with van der Waals surface area (Å²) in [5.41, 5.74) is 2.83. The van der Waals surface area contributed by atoms with Crippen molar-refractivity contribution in [3.8, 4) is 17.2 Å². The Morgan fingerprint density at radius 1 is 0.938 bits per heavy atom. The minimum absolute atomic E-state index is 0.194. The number of rotatable bonds is 8. The molecule has 0 radical (unpaired) electrons. The van der Waals surface area contributed by atoms with E-state index in [1.54, 1.807) is 14.2 Å². The van der Waals surface area contributed by atoms with Crippen molar-refractivity contribution >= 4 is 5.57 Å². The third kappa shape index (κ3) is 5.28. The van der Waals surface area contributed by atoms with Crippen LogP contribution in [-0.2, 0) is 4.74 Å². The minimum atomic E-state index is -0.449. The molecule has 2 aromatic rings. The fraction of sp³-hybridized carbons (Fsp3) is 0.481. The van der Waals surface area contributed by atoms with Gasteiger partial charge in [-0.3, -0.25) is 0 Å². The van der Waals surface area contributed by atoms with Crippen molar-refractivity contribution in [3.63, 3.8) is 0 Å². The van der Waals surface area contributed by atoms with Crippen molar-refractivity contribution in [1.82, 2.24) is 4.90 Å². The first-order valence-electron chi connectivity index (χ1n) is 11.6. The quantitative estimate of drug-likeness (QED) is 0.545. The number of ether oxygens (including phenoxy) is 4. The van der Waals surface area contributed by atoms with Crippen LogP contribution in [0.4, 0.5) is 0 Å². The summed E-state index contributed by atoms with van der Waals surface area (Å²) in [6.45, 7) is 8.13. The maximum Gasteiger partial charge on any atom is 0.131 e. The van der Waals surface area contributed by atoms with Gasteiger partial charge in [-0.1, -0.05) is 18.6 Å². The third-order valence-electron chi connectivity index (χ3n) is 6.22. The van der Waals surface area contributed by atoms with Crippen molar-refractivity contribution in [1.29, 1.82) is 0 Å². The van der Waals surface area contributed by atoms with E-state index in [1.807, 2.05) is 24.3 Å². The van der Waals surface area contributed by atoms with Gasteiger partial charge in [0, 0.05) is 18.2 Å². The largest absolute Gasteiger partial charge is 0.497 e. The molecule has 0 N–H and O–H groups in total. The van der Waals surface area contributed by atoms with Crippen molar-refractivity contribution in [2.45, 2.75) is 44.8 Å². The van der Waals surface area contributed by atoms with Crippen molar-refractivity contribution < 1.29 is 18.9 Å². The van der Waals surface area contributed by atoms with Crippen LogP contribution >= 0.6 is 0 Å². The van der Waals surface area contributed by atoms with Gasteiger partial charge in [0.05, 0.1) is 20.8 Å². The van der Waals surface area contributed by atoms with E-state index in [-0.39, 0.29) is 6.10 Å². The van der Waals surface area contributed by atoms with Crippen molar-refractivity contribution in [2.24, 2.45) is 0 Å². The molecule has 5 heteroatoms. The molecule has 0 saturated carbocycles. The highest BCUT2D eigenvalue weighted by molar-refractivity contribution is 5.77. The summed E-state index contributed by atoms with van der Waals surface area (Å²) < 4.78 is 23.7. The Kier molecular flexibility index (Phi) is 7.07. The zero-order valence-corrected chi connectivity index (χ0v) is 19.7. The molecule has 0 amide bonds. The summed E-state index contributed by atoms with van der Waals surface area (Å²) in [7, 11) is 3.37. The van der Waals surface area contributed by atoms with Crippen LogP contribution in [0.15, 0.2) is 48.5 Å². The van der Waals surface area contributed by atoms with E-state index < -0.39 is 5.60 Å². The second-order valence-corrected chi connectivity index (χ2v) is 9.09. The van der Waals surface area contributed by atoms with E-state index >= 15 is 0 Å². The maximum atomic E-state index is 6.61. The molecule has 0 spiro atoms. The Labute approximate surface area is 191 Å². The molecule has 1 atom stereocenters. The van der Waals surface area contributed by atoms with Crippen LogP contribution in [0.5, 0.6) is 17.2 Å². The number of fused-ring (bicyclic) bond motifs is 1. The molecule has 1 fully saturated rings. The third-order valence-corrected chi connectivity index (χ3v) is 6.22. The lowest BCUT2D eigenvalue weighted by atomic mass is 9.88. The summed E-state index contributed by atoms with van der Waals surface area (Å²) in [6.07, 6.45) is 5.91. The van der Waals surface area contributed by atoms with E-state index in [9.17, 15) is 0 Å². The van der Waals surface area contributed by atoms with E-state index in [0.717, 1.165) is 40.5 Å². The minimum Gasteiger partial charge on any atom is -0.497 e. The lowest BCUT2D eigenvalue weighted by Crippen LogP contribution is -2.33. The predicted molar refractivity (Wildman–Crippen MR) is 128 cm³/mol. The fourth-order valence-electron chi connectivity index (χ4n) is 4.56. The summed E-state index contributed by atoms with van der Waals surface area (Å²) in [6, 6.07) is 14.2. The van der Waals surface area contributed by atoms with Crippen LogP contribution in [0.3, 0.4) is 0 Å². The van der Waals surface area contributed by atoms with E-state index in [0.29, 0.717) is 6.61 Å². The fourth-order valence-corrected chi connectivity index (χ4v) is 4.56. The van der Waals surface area contributed by atoms with Crippen molar-refractivity contribution in [3.05, 3.63) is 59.7 Å². The van der Waals surface area contributed by atoms with Gasteiger partial charge in [-0.15, -0.1) is 0 Å². The number of likely N-dealkylation sites (tertiary alicyclic amines) is 1. The molecule has 1 unspecified atom stereocenters. The second kappa shape index (κ2) is 9.97. The van der Waals surface area contributed by atoms with Crippen LogP contribution < -0.4 is 14.2 Å². The maximum absolute atomic E-state index is 6.61. The summed E-state index contributed by atoms with van der Waals surface area (Å²) in [5.74, 6) is 2.45. The summed E-state index contributed by atoms with van der Waals surface area (Å²) in [5, 5.41) is 0. The van der Waals surface area contributed by atoms with Gasteiger partial charge in [0.25, 0.3) is 0 Å². The van der Waals surface area contributed by atoms with Crippen LogP contribution in [0, 0.1) is 0 Å². The Morgan fingerprint density at radius 3 is 2.31 bits per heavy atom. The van der Waals surface area contributed by atoms with Gasteiger partial charge in [0.15, 0.2) is 0 Å². The molecule has 4 rings (SSSR count). The number of piperidine rings is 1. The van der Waals surface area contributed by atoms with E-state index in [2.05, 4.69) is 43.0 Å². The molecular weight excluding hydrogens is 402 g/mol. The first-order chi connectivity index (χ1) is 15.5. The highest BCUT2D eigenvalue weighted by atomic mass is 16.5. The van der Waals surface area contributed by atoms with Crippen LogP contribution in [0.2, 0.25) is 0 Å². The molecule has 5 nitrogen and oxygen atoms in total. The molecule has 2 aromatic carbocycles. The average molecular weight is 438 g/mol. The van der Waals surface area contributed by atoms with E-state index in [4.69, 9.17) is 18.9 Å². The predicted octanol–water partition coefficient (Wildman–Crippen LogP) is 5.50. The number of methoxy groups -OCH3 is 2. The topological polar surface area (TPSA) is 40.2 Å². The standard InChI is InChI=1S/C27H35NO4/c1-27(2)19-24(23-13-12-22(30-4)18-25(23)32-27)26(20-8-10-21(29-3)11-9-20)31-17-16-28-14-6-5-7-15-28/h8-13,18-19,26H,5-7,14-17H2,1-4H3. The molecule has 172 valence electrons. The van der Waals surface area contributed by atoms with Crippen LogP contribution in [0.25, 0.3) is 5.57 Å². The molecule has 2 aliphatic heterocycles. The van der Waals surface area contributed by atoms with Gasteiger partial charge in [-0.05, 0) is 81.3 Å². The first kappa shape index (κ1) is 22.7. The monoisotopic (exact) mass is 437 g/mol. The SMILES string of the molecule is COc1ccc(C(OCCN2CCCCC2)C2=CC(C)(C)Oc3cc(OC)ccc32)cc1. The smallest absolute Gasteiger partial charge is 0.131 e. The Hall–Kier alpha value is -2.50. The molecule has 1 saturated heterocycles. The second-order valence-electron chi connectivity index (χ2n) is 9.09.